The van der Waals surface area contributed by atoms with Crippen molar-refractivity contribution in [1.29, 1.82) is 0 Å². The van der Waals surface area contributed by atoms with Crippen LogP contribution in [0.1, 0.15) is 24.3 Å². The van der Waals surface area contributed by atoms with Gasteiger partial charge in [-0.1, -0.05) is 0 Å². The fraction of sp³-hybridized carbons (Fsp3) is 0.588. The molecule has 4 atom stereocenters. The van der Waals surface area contributed by atoms with Crippen molar-refractivity contribution in [2.75, 3.05) is 32.7 Å². The first kappa shape index (κ1) is 16.1. The molecule has 0 aliphatic carbocycles. The molecule has 2 aliphatic rings. The van der Waals surface area contributed by atoms with Crippen molar-refractivity contribution < 1.29 is 24.1 Å². The first-order valence-corrected chi connectivity index (χ1v) is 7.84. The molecule has 6 nitrogen and oxygen atoms in total. The Morgan fingerprint density at radius 3 is 2.87 bits per heavy atom. The number of carbonyl (C=O) groups is 1. The highest BCUT2D eigenvalue weighted by Crippen LogP contribution is 2.47. The fourth-order valence-electron chi connectivity index (χ4n) is 3.42. The molecule has 0 aromatic heterocycles. The number of nitrogens with zero attached hydrogens (tertiary/aromatic N) is 1. The summed E-state index contributed by atoms with van der Waals surface area (Å²) in [5.41, 5.74) is 2.22. The van der Waals surface area contributed by atoms with Crippen LogP contribution in [0.3, 0.4) is 0 Å². The smallest absolute Gasteiger partial charge is 0.308 e. The molecule has 0 radical (unpaired) electrons. The summed E-state index contributed by atoms with van der Waals surface area (Å²) in [4.78, 5) is 13.6. The van der Waals surface area contributed by atoms with E-state index in [9.17, 15) is 9.90 Å². The Morgan fingerprint density at radius 1 is 1.43 bits per heavy atom. The predicted octanol–water partition coefficient (Wildman–Crippen LogP) is 1.31. The number of fused-ring (bicyclic) bond motifs is 3. The van der Waals surface area contributed by atoms with Crippen LogP contribution in [0.15, 0.2) is 18.2 Å². The maximum atomic E-state index is 11.6. The van der Waals surface area contributed by atoms with E-state index in [4.69, 9.17) is 14.2 Å². The Hall–Kier alpha value is -1.79. The molecular weight excluding hydrogens is 298 g/mol. The third-order valence-electron chi connectivity index (χ3n) is 4.62. The van der Waals surface area contributed by atoms with E-state index in [0.29, 0.717) is 6.42 Å². The Labute approximate surface area is 135 Å². The quantitative estimate of drug-likeness (QED) is 0.844. The number of hydrogen-bond acceptors (Lipinski definition) is 6. The van der Waals surface area contributed by atoms with Crippen LogP contribution in [0.2, 0.25) is 0 Å². The monoisotopic (exact) mass is 321 g/mol. The predicted molar refractivity (Wildman–Crippen MR) is 84.9 cm³/mol. The maximum absolute atomic E-state index is 11.6. The highest BCUT2D eigenvalue weighted by atomic mass is 16.6. The van der Waals surface area contributed by atoms with Crippen LogP contribution in [-0.2, 0) is 14.3 Å². The Kier molecular flexibility index (Phi) is 4.46. The molecule has 2 heterocycles. The molecule has 1 aromatic rings. The minimum atomic E-state index is -0.432. The van der Waals surface area contributed by atoms with Crippen molar-refractivity contribution in [2.45, 2.75) is 37.1 Å². The van der Waals surface area contributed by atoms with Gasteiger partial charge in [-0.2, -0.15) is 0 Å². The van der Waals surface area contributed by atoms with Crippen molar-refractivity contribution in [1.82, 2.24) is 0 Å². The summed E-state index contributed by atoms with van der Waals surface area (Å²) in [6.45, 7) is -0.132. The number of ether oxygens (including phenoxy) is 3. The van der Waals surface area contributed by atoms with Crippen molar-refractivity contribution in [3.05, 3.63) is 23.8 Å². The van der Waals surface area contributed by atoms with Crippen LogP contribution in [0.25, 0.3) is 0 Å². The molecule has 1 N–H and O–H groups in total. The number of carbonyl (C=O) groups excluding carboxylic acids is 1. The number of esters is 1. The molecule has 0 bridgehead atoms. The van der Waals surface area contributed by atoms with Crippen molar-refractivity contribution in [2.24, 2.45) is 0 Å². The van der Waals surface area contributed by atoms with Gasteiger partial charge < -0.3 is 24.2 Å². The molecule has 1 saturated heterocycles. The standard InChI is InChI=1S/C17H23NO5/c1-18(2)10-4-5-14-12(6-10)13-7-11(8-16(20)21-3)22-15(9-19)17(13)23-14/h4-6,11,13,15,17,19H,7-9H2,1-3H3/t11-,13-,15+,17+/m0/s1. The SMILES string of the molecule is COC(=O)C[C@@H]1C[C@H]2c3cc(N(C)C)ccc3O[C@H]2[C@@H](CO)O1. The van der Waals surface area contributed by atoms with Gasteiger partial charge in [0.15, 0.2) is 0 Å². The van der Waals surface area contributed by atoms with Gasteiger partial charge in [0.1, 0.15) is 18.0 Å². The zero-order valence-corrected chi connectivity index (χ0v) is 13.7. The molecule has 23 heavy (non-hydrogen) atoms. The lowest BCUT2D eigenvalue weighted by atomic mass is 9.84. The van der Waals surface area contributed by atoms with Crippen LogP contribution in [0.5, 0.6) is 5.75 Å². The maximum Gasteiger partial charge on any atom is 0.308 e. The summed E-state index contributed by atoms with van der Waals surface area (Å²) < 4.78 is 16.6. The molecule has 6 heteroatoms. The lowest BCUT2D eigenvalue weighted by molar-refractivity contribution is -0.156. The topological polar surface area (TPSA) is 68.2 Å². The normalized spacial score (nSPS) is 28.5. The van der Waals surface area contributed by atoms with Gasteiger partial charge in [-0.25, -0.2) is 0 Å². The van der Waals surface area contributed by atoms with Gasteiger partial charge in [0, 0.05) is 31.3 Å². The summed E-state index contributed by atoms with van der Waals surface area (Å²) >= 11 is 0. The second kappa shape index (κ2) is 6.37. The zero-order chi connectivity index (χ0) is 16.6. The largest absolute Gasteiger partial charge is 0.487 e. The highest BCUT2D eigenvalue weighted by molar-refractivity contribution is 5.69. The zero-order valence-electron chi connectivity index (χ0n) is 13.7. The lowest BCUT2D eigenvalue weighted by Gasteiger charge is -2.36. The Bertz CT molecular complexity index is 588. The summed E-state index contributed by atoms with van der Waals surface area (Å²) in [5, 5.41) is 9.64. The minimum absolute atomic E-state index is 0.116. The van der Waals surface area contributed by atoms with Gasteiger partial charge in [0.25, 0.3) is 0 Å². The van der Waals surface area contributed by atoms with Gasteiger partial charge in [-0.05, 0) is 24.6 Å². The van der Waals surface area contributed by atoms with Crippen molar-refractivity contribution >= 4 is 11.7 Å². The summed E-state index contributed by atoms with van der Waals surface area (Å²) in [5.74, 6) is 0.656. The van der Waals surface area contributed by atoms with E-state index in [1.165, 1.54) is 7.11 Å². The van der Waals surface area contributed by atoms with E-state index in [1.54, 1.807) is 0 Å². The summed E-state index contributed by atoms with van der Waals surface area (Å²) in [6, 6.07) is 6.10. The van der Waals surface area contributed by atoms with E-state index in [2.05, 4.69) is 6.07 Å². The molecule has 0 saturated carbocycles. The van der Waals surface area contributed by atoms with E-state index in [0.717, 1.165) is 17.0 Å². The second-order valence-corrected chi connectivity index (χ2v) is 6.30. The fourth-order valence-corrected chi connectivity index (χ4v) is 3.42. The van der Waals surface area contributed by atoms with Crippen LogP contribution in [0, 0.1) is 0 Å². The number of aliphatic hydroxyl groups excluding tert-OH is 1. The number of anilines is 1. The first-order valence-electron chi connectivity index (χ1n) is 7.84. The Balaban J connectivity index is 1.86. The van der Waals surface area contributed by atoms with Gasteiger partial charge >= 0.3 is 5.97 Å². The van der Waals surface area contributed by atoms with E-state index < -0.39 is 6.10 Å². The molecule has 0 spiro atoms. The lowest BCUT2D eigenvalue weighted by Crippen LogP contribution is -2.46. The van der Waals surface area contributed by atoms with Crippen LogP contribution >= 0.6 is 0 Å². The highest BCUT2D eigenvalue weighted by Gasteiger charge is 2.46. The number of methoxy groups -OCH3 is 1. The van der Waals surface area contributed by atoms with Crippen LogP contribution in [0.4, 0.5) is 5.69 Å². The molecule has 1 fully saturated rings. The van der Waals surface area contributed by atoms with Crippen molar-refractivity contribution in [3.63, 3.8) is 0 Å². The number of hydrogen-bond donors (Lipinski definition) is 1. The Morgan fingerprint density at radius 2 is 2.22 bits per heavy atom. The summed E-state index contributed by atoms with van der Waals surface area (Å²) in [7, 11) is 5.36. The van der Waals surface area contributed by atoms with Crippen molar-refractivity contribution in [3.8, 4) is 5.75 Å². The van der Waals surface area contributed by atoms with Gasteiger partial charge in [-0.15, -0.1) is 0 Å². The minimum Gasteiger partial charge on any atom is -0.487 e. The number of aliphatic hydroxyl groups is 1. The van der Waals surface area contributed by atoms with E-state index >= 15 is 0 Å². The molecule has 2 aliphatic heterocycles. The third-order valence-corrected chi connectivity index (χ3v) is 4.62. The van der Waals surface area contributed by atoms with Gasteiger partial charge in [0.2, 0.25) is 0 Å². The molecule has 126 valence electrons. The van der Waals surface area contributed by atoms with E-state index in [-0.39, 0.29) is 37.1 Å². The number of benzene rings is 1. The molecule has 0 amide bonds. The molecule has 1 aromatic carbocycles. The number of rotatable bonds is 4. The average Bonchev–Trinajstić information content (AvgIpc) is 2.91. The van der Waals surface area contributed by atoms with Gasteiger partial charge in [-0.3, -0.25) is 4.79 Å². The average molecular weight is 321 g/mol. The van der Waals surface area contributed by atoms with Gasteiger partial charge in [0.05, 0.1) is 26.2 Å². The molecule has 0 unspecified atom stereocenters. The first-order chi connectivity index (χ1) is 11.0. The second-order valence-electron chi connectivity index (χ2n) is 6.30. The molecule has 3 rings (SSSR count). The summed E-state index contributed by atoms with van der Waals surface area (Å²) in [6.07, 6.45) is -0.0302. The van der Waals surface area contributed by atoms with Crippen LogP contribution < -0.4 is 9.64 Å². The van der Waals surface area contributed by atoms with Crippen LogP contribution in [-0.4, -0.2) is 57.2 Å². The van der Waals surface area contributed by atoms with E-state index in [1.807, 2.05) is 31.1 Å². The molecular formula is C17H23NO5. The third kappa shape index (κ3) is 3.01.